The first-order valence-electron chi connectivity index (χ1n) is 15.7. The first kappa shape index (κ1) is 30.2. The summed E-state index contributed by atoms with van der Waals surface area (Å²) in [4.78, 5) is 44.6. The van der Waals surface area contributed by atoms with Gasteiger partial charge in [0.1, 0.15) is 11.3 Å². The number of benzene rings is 5. The lowest BCUT2D eigenvalue weighted by atomic mass is 10.0. The molecule has 0 unspecified atom stereocenters. The summed E-state index contributed by atoms with van der Waals surface area (Å²) in [6, 6.07) is 46.2. The normalized spacial score (nSPS) is 13.2. The van der Waals surface area contributed by atoms with E-state index in [2.05, 4.69) is 4.57 Å². The largest absolute Gasteiger partial charge is 0.494 e. The van der Waals surface area contributed by atoms with Gasteiger partial charge in [-0.25, -0.2) is 14.6 Å². The number of urea groups is 1. The van der Waals surface area contributed by atoms with Crippen molar-refractivity contribution in [2.24, 2.45) is 0 Å². The Morgan fingerprint density at radius 3 is 1.54 bits per heavy atom. The summed E-state index contributed by atoms with van der Waals surface area (Å²) < 4.78 is 7.85. The average Bonchev–Trinajstić information content (AvgIpc) is 3.51. The van der Waals surface area contributed by atoms with Crippen molar-refractivity contribution in [1.29, 1.82) is 0 Å². The van der Waals surface area contributed by atoms with Crippen molar-refractivity contribution in [1.82, 2.24) is 4.57 Å². The molecule has 1 fully saturated rings. The topological polar surface area (TPSA) is 71.8 Å². The first-order valence-corrected chi connectivity index (χ1v) is 15.7. The van der Waals surface area contributed by atoms with Gasteiger partial charge in [0.25, 0.3) is 11.8 Å². The van der Waals surface area contributed by atoms with Crippen LogP contribution in [0, 0.1) is 0 Å². The number of aromatic nitrogens is 1. The Hall–Kier alpha value is -6.47. The molecule has 0 spiro atoms. The lowest BCUT2D eigenvalue weighted by Gasteiger charge is -2.33. The molecule has 1 aliphatic rings. The number of para-hydroxylation sites is 2. The fourth-order valence-electron chi connectivity index (χ4n) is 5.97. The summed E-state index contributed by atoms with van der Waals surface area (Å²) in [6.45, 7) is 2.50. The fourth-order valence-corrected chi connectivity index (χ4v) is 5.97. The molecular weight excluding hydrogens is 598 g/mol. The molecule has 7 heteroatoms. The standard InChI is InChI=1S/C41H31N3O4/c1-2-48-35-25-23-34(24-26-35)42-37(29-15-7-3-8-16-29)28-31(38(42)30-17-9-4-10-18-30)27-36-39(45)43(32-19-11-5-12-20-32)41(47)44(40(36)46)33-21-13-6-14-22-33/h3-28H,2H2,1H3. The Morgan fingerprint density at radius 1 is 0.562 bits per heavy atom. The van der Waals surface area contributed by atoms with Crippen LogP contribution in [-0.4, -0.2) is 29.0 Å². The Bertz CT molecular complexity index is 2060. The molecule has 0 saturated carbocycles. The number of imide groups is 2. The summed E-state index contributed by atoms with van der Waals surface area (Å²) >= 11 is 0. The van der Waals surface area contributed by atoms with Crippen LogP contribution in [0.3, 0.4) is 0 Å². The van der Waals surface area contributed by atoms with Crippen LogP contribution in [0.15, 0.2) is 157 Å². The van der Waals surface area contributed by atoms with Gasteiger partial charge in [-0.15, -0.1) is 0 Å². The molecule has 0 radical (unpaired) electrons. The summed E-state index contributed by atoms with van der Waals surface area (Å²) in [5, 5.41) is 0. The van der Waals surface area contributed by atoms with Crippen LogP contribution < -0.4 is 14.5 Å². The van der Waals surface area contributed by atoms with Gasteiger partial charge in [-0.2, -0.15) is 0 Å². The molecule has 4 amide bonds. The van der Waals surface area contributed by atoms with Crippen LogP contribution in [-0.2, 0) is 9.59 Å². The van der Waals surface area contributed by atoms with Gasteiger partial charge in [0.15, 0.2) is 0 Å². The highest BCUT2D eigenvalue weighted by atomic mass is 16.5. The zero-order chi connectivity index (χ0) is 33.0. The number of hydrogen-bond donors (Lipinski definition) is 0. The van der Waals surface area contributed by atoms with Crippen LogP contribution in [0.25, 0.3) is 34.3 Å². The lowest BCUT2D eigenvalue weighted by molar-refractivity contribution is -0.121. The average molecular weight is 630 g/mol. The van der Waals surface area contributed by atoms with Crippen molar-refractivity contribution < 1.29 is 19.1 Å². The number of nitrogens with zero attached hydrogens (tertiary/aromatic N) is 3. The van der Waals surface area contributed by atoms with E-state index in [1.165, 1.54) is 0 Å². The third kappa shape index (κ3) is 5.58. The second kappa shape index (κ2) is 13.1. The highest BCUT2D eigenvalue weighted by Crippen LogP contribution is 2.39. The quantitative estimate of drug-likeness (QED) is 0.125. The van der Waals surface area contributed by atoms with Crippen molar-refractivity contribution in [3.05, 3.63) is 163 Å². The minimum Gasteiger partial charge on any atom is -0.494 e. The number of carbonyl (C=O) groups is 3. The monoisotopic (exact) mass is 629 g/mol. The van der Waals surface area contributed by atoms with Crippen LogP contribution in [0.2, 0.25) is 0 Å². The summed E-state index contributed by atoms with van der Waals surface area (Å²) in [6.07, 6.45) is 1.61. The molecule has 48 heavy (non-hydrogen) atoms. The van der Waals surface area contributed by atoms with Gasteiger partial charge in [0.05, 0.1) is 29.4 Å². The highest BCUT2D eigenvalue weighted by molar-refractivity contribution is 6.46. The van der Waals surface area contributed by atoms with Gasteiger partial charge in [-0.1, -0.05) is 97.1 Å². The molecular formula is C41H31N3O4. The van der Waals surface area contributed by atoms with Crippen molar-refractivity contribution in [3.8, 4) is 34.0 Å². The molecule has 0 atom stereocenters. The predicted molar refractivity (Wildman–Crippen MR) is 189 cm³/mol. The third-order valence-corrected chi connectivity index (χ3v) is 8.13. The summed E-state index contributed by atoms with van der Waals surface area (Å²) in [5.41, 5.74) is 5.57. The lowest BCUT2D eigenvalue weighted by Crippen LogP contribution is -2.57. The minimum absolute atomic E-state index is 0.136. The number of carbonyl (C=O) groups excluding carboxylic acids is 3. The van der Waals surface area contributed by atoms with E-state index >= 15 is 0 Å². The van der Waals surface area contributed by atoms with Crippen LogP contribution in [0.5, 0.6) is 5.75 Å². The predicted octanol–water partition coefficient (Wildman–Crippen LogP) is 8.79. The van der Waals surface area contributed by atoms with E-state index in [0.717, 1.165) is 43.8 Å². The van der Waals surface area contributed by atoms with Crippen molar-refractivity contribution in [2.45, 2.75) is 6.92 Å². The Kier molecular flexibility index (Phi) is 8.24. The molecule has 2 heterocycles. The van der Waals surface area contributed by atoms with E-state index in [-0.39, 0.29) is 5.57 Å². The third-order valence-electron chi connectivity index (χ3n) is 8.13. The van der Waals surface area contributed by atoms with Crippen molar-refractivity contribution in [2.75, 3.05) is 16.4 Å². The van der Waals surface area contributed by atoms with Crippen LogP contribution in [0.1, 0.15) is 12.5 Å². The minimum atomic E-state index is -0.736. The number of hydrogen-bond acceptors (Lipinski definition) is 4. The highest BCUT2D eigenvalue weighted by Gasteiger charge is 2.44. The second-order valence-corrected chi connectivity index (χ2v) is 11.1. The van der Waals surface area contributed by atoms with Gasteiger partial charge >= 0.3 is 6.03 Å². The van der Waals surface area contributed by atoms with Gasteiger partial charge in [-0.05, 0) is 78.7 Å². The molecule has 6 aromatic rings. The number of amides is 4. The van der Waals surface area contributed by atoms with Crippen molar-refractivity contribution >= 4 is 35.3 Å². The van der Waals surface area contributed by atoms with E-state index in [1.54, 1.807) is 66.7 Å². The fraction of sp³-hybridized carbons (Fsp3) is 0.0488. The summed E-state index contributed by atoms with van der Waals surface area (Å²) in [7, 11) is 0. The van der Waals surface area contributed by atoms with E-state index < -0.39 is 17.8 Å². The Balaban J connectivity index is 1.49. The molecule has 1 saturated heterocycles. The molecule has 234 valence electrons. The van der Waals surface area contributed by atoms with E-state index in [0.29, 0.717) is 23.5 Å². The number of anilines is 2. The van der Waals surface area contributed by atoms with E-state index in [4.69, 9.17) is 4.74 Å². The molecule has 1 aliphatic heterocycles. The van der Waals surface area contributed by atoms with Crippen LogP contribution >= 0.6 is 0 Å². The molecule has 5 aromatic carbocycles. The Labute approximate surface area is 278 Å². The summed E-state index contributed by atoms with van der Waals surface area (Å²) in [5.74, 6) is -0.640. The van der Waals surface area contributed by atoms with E-state index in [1.807, 2.05) is 97.9 Å². The number of barbiturate groups is 1. The zero-order valence-corrected chi connectivity index (χ0v) is 26.2. The molecule has 0 N–H and O–H groups in total. The molecule has 0 aliphatic carbocycles. The van der Waals surface area contributed by atoms with Gasteiger partial charge in [0, 0.05) is 11.3 Å². The van der Waals surface area contributed by atoms with Gasteiger partial charge in [-0.3, -0.25) is 9.59 Å². The molecule has 7 nitrogen and oxygen atoms in total. The molecule has 1 aromatic heterocycles. The van der Waals surface area contributed by atoms with Gasteiger partial charge in [0.2, 0.25) is 0 Å². The maximum Gasteiger partial charge on any atom is 0.343 e. The second-order valence-electron chi connectivity index (χ2n) is 11.1. The van der Waals surface area contributed by atoms with Crippen molar-refractivity contribution in [3.63, 3.8) is 0 Å². The Morgan fingerprint density at radius 2 is 1.04 bits per heavy atom. The zero-order valence-electron chi connectivity index (χ0n) is 26.2. The number of rotatable bonds is 8. The maximum atomic E-state index is 14.3. The van der Waals surface area contributed by atoms with Crippen LogP contribution in [0.4, 0.5) is 16.2 Å². The first-order chi connectivity index (χ1) is 23.5. The number of ether oxygens (including phenoxy) is 1. The maximum absolute atomic E-state index is 14.3. The molecule has 0 bridgehead atoms. The smallest absolute Gasteiger partial charge is 0.343 e. The van der Waals surface area contributed by atoms with E-state index in [9.17, 15) is 14.4 Å². The van der Waals surface area contributed by atoms with Gasteiger partial charge < -0.3 is 9.30 Å². The molecule has 7 rings (SSSR count). The SMILES string of the molecule is CCOc1ccc(-n2c(-c3ccccc3)cc(C=C3C(=O)N(c4ccccc4)C(=O)N(c4ccccc4)C3=O)c2-c2ccccc2)cc1.